The molecule has 3 heteroatoms. The quantitative estimate of drug-likeness (QED) is 0.669. The molecule has 0 fully saturated rings. The molecule has 0 amide bonds. The number of rotatable bonds is 2. The summed E-state index contributed by atoms with van der Waals surface area (Å²) in [4.78, 5) is 6.38. The standard InChI is InChI=1S/C9H17N3/c1-7(2)12(4)9-5-8(3)10-6-11-9/h5-8H,1-4H3,(H,10,11). The highest BCUT2D eigenvalue weighted by Crippen LogP contribution is 2.07. The minimum atomic E-state index is 0.294. The van der Waals surface area contributed by atoms with E-state index in [2.05, 4.69) is 49.1 Å². The Balaban J connectivity index is 2.63. The van der Waals surface area contributed by atoms with Crippen molar-refractivity contribution in [1.82, 2.24) is 10.2 Å². The van der Waals surface area contributed by atoms with Crippen molar-refractivity contribution in [2.75, 3.05) is 7.05 Å². The van der Waals surface area contributed by atoms with Gasteiger partial charge in [-0.25, -0.2) is 0 Å². The first kappa shape index (κ1) is 9.10. The van der Waals surface area contributed by atoms with Crippen LogP contribution in [0.5, 0.6) is 0 Å². The molecule has 0 radical (unpaired) electrons. The summed E-state index contributed by atoms with van der Waals surface area (Å²) in [5.41, 5.74) is 0. The van der Waals surface area contributed by atoms with E-state index in [-0.39, 0.29) is 0 Å². The molecule has 1 atom stereocenters. The summed E-state index contributed by atoms with van der Waals surface area (Å²) in [7, 11) is 2.08. The zero-order valence-corrected chi connectivity index (χ0v) is 8.20. The maximum Gasteiger partial charge on any atom is 0.104 e. The molecule has 68 valence electrons. The van der Waals surface area contributed by atoms with Gasteiger partial charge in [0.15, 0.2) is 0 Å². The molecular weight excluding hydrogens is 150 g/mol. The minimum Gasteiger partial charge on any atom is -0.359 e. The fourth-order valence-corrected chi connectivity index (χ4v) is 1.04. The monoisotopic (exact) mass is 167 g/mol. The highest BCUT2D eigenvalue weighted by Gasteiger charge is 2.10. The molecular formula is C9H17N3. The maximum atomic E-state index is 4.18. The summed E-state index contributed by atoms with van der Waals surface area (Å²) in [5, 5.41) is 3.13. The van der Waals surface area contributed by atoms with Crippen LogP contribution in [-0.2, 0) is 0 Å². The number of hydrogen-bond donors (Lipinski definition) is 1. The average Bonchev–Trinajstić information content (AvgIpc) is 2.03. The Kier molecular flexibility index (Phi) is 2.74. The van der Waals surface area contributed by atoms with Gasteiger partial charge in [-0.05, 0) is 26.8 Å². The molecule has 1 aliphatic heterocycles. The van der Waals surface area contributed by atoms with Crippen molar-refractivity contribution in [3.8, 4) is 0 Å². The molecule has 0 spiro atoms. The van der Waals surface area contributed by atoms with Crippen LogP contribution in [0.25, 0.3) is 0 Å². The van der Waals surface area contributed by atoms with E-state index in [1.807, 2.05) is 0 Å². The molecule has 1 rings (SSSR count). The molecule has 1 unspecified atom stereocenters. The van der Waals surface area contributed by atoms with E-state index in [1.54, 1.807) is 6.34 Å². The number of nitrogens with zero attached hydrogens (tertiary/aromatic N) is 2. The van der Waals surface area contributed by atoms with Crippen LogP contribution in [-0.4, -0.2) is 30.4 Å². The predicted octanol–water partition coefficient (Wildman–Crippen LogP) is 1.19. The first-order valence-electron chi connectivity index (χ1n) is 4.34. The third-order valence-electron chi connectivity index (χ3n) is 2.08. The minimum absolute atomic E-state index is 0.294. The lowest BCUT2D eigenvalue weighted by atomic mass is 10.2. The molecule has 0 bridgehead atoms. The Bertz CT molecular complexity index is 206. The zero-order valence-electron chi connectivity index (χ0n) is 8.20. The van der Waals surface area contributed by atoms with Crippen LogP contribution in [0.4, 0.5) is 0 Å². The van der Waals surface area contributed by atoms with Gasteiger partial charge in [0.1, 0.15) is 5.82 Å². The molecule has 0 aromatic heterocycles. The van der Waals surface area contributed by atoms with Crippen molar-refractivity contribution < 1.29 is 0 Å². The van der Waals surface area contributed by atoms with E-state index in [0.29, 0.717) is 12.1 Å². The van der Waals surface area contributed by atoms with E-state index in [4.69, 9.17) is 0 Å². The topological polar surface area (TPSA) is 27.6 Å². The van der Waals surface area contributed by atoms with Crippen LogP contribution in [0.1, 0.15) is 20.8 Å². The molecule has 0 saturated carbocycles. The maximum absolute atomic E-state index is 4.18. The molecule has 1 N–H and O–H groups in total. The number of aliphatic imine (C=N–C) groups is 1. The first-order chi connectivity index (χ1) is 5.61. The number of hydrogen-bond acceptors (Lipinski definition) is 3. The Morgan fingerprint density at radius 2 is 2.25 bits per heavy atom. The molecule has 0 saturated heterocycles. The first-order valence-corrected chi connectivity index (χ1v) is 4.34. The second kappa shape index (κ2) is 3.61. The second-order valence-corrected chi connectivity index (χ2v) is 3.42. The van der Waals surface area contributed by atoms with Crippen molar-refractivity contribution in [3.05, 3.63) is 11.9 Å². The smallest absolute Gasteiger partial charge is 0.104 e. The lowest BCUT2D eigenvalue weighted by molar-refractivity contribution is 0.328. The van der Waals surface area contributed by atoms with Gasteiger partial charge in [-0.1, -0.05) is 0 Å². The van der Waals surface area contributed by atoms with Gasteiger partial charge in [0, 0.05) is 13.1 Å². The second-order valence-electron chi connectivity index (χ2n) is 3.42. The van der Waals surface area contributed by atoms with Crippen LogP contribution in [0.15, 0.2) is 16.9 Å². The fourth-order valence-electron chi connectivity index (χ4n) is 1.04. The van der Waals surface area contributed by atoms with Gasteiger partial charge in [-0.2, -0.15) is 0 Å². The van der Waals surface area contributed by atoms with E-state index < -0.39 is 0 Å². The van der Waals surface area contributed by atoms with Crippen molar-refractivity contribution in [3.63, 3.8) is 0 Å². The van der Waals surface area contributed by atoms with Crippen LogP contribution in [0.2, 0.25) is 0 Å². The Hall–Kier alpha value is -0.990. The third-order valence-corrected chi connectivity index (χ3v) is 2.08. The molecule has 3 nitrogen and oxygen atoms in total. The van der Waals surface area contributed by atoms with E-state index >= 15 is 0 Å². The highest BCUT2D eigenvalue weighted by atomic mass is 15.2. The van der Waals surface area contributed by atoms with E-state index in [9.17, 15) is 0 Å². The molecule has 1 aliphatic rings. The summed E-state index contributed by atoms with van der Waals surface area (Å²) in [6, 6.07) is 0.810. The molecule has 0 aromatic carbocycles. The van der Waals surface area contributed by atoms with Gasteiger partial charge in [0.25, 0.3) is 0 Å². The summed E-state index contributed by atoms with van der Waals surface area (Å²) in [5.74, 6) is 1.15. The molecule has 0 aromatic rings. The van der Waals surface area contributed by atoms with Gasteiger partial charge in [0.05, 0.1) is 12.4 Å². The Morgan fingerprint density at radius 3 is 2.75 bits per heavy atom. The average molecular weight is 167 g/mol. The predicted molar refractivity (Wildman–Crippen MR) is 52.1 cm³/mol. The molecule has 0 aliphatic carbocycles. The Morgan fingerprint density at radius 1 is 1.58 bits per heavy atom. The summed E-state index contributed by atoms with van der Waals surface area (Å²) < 4.78 is 0. The van der Waals surface area contributed by atoms with Gasteiger partial charge in [0.2, 0.25) is 0 Å². The third kappa shape index (κ3) is 2.00. The number of nitrogens with one attached hydrogen (secondary N) is 1. The van der Waals surface area contributed by atoms with Gasteiger partial charge >= 0.3 is 0 Å². The molecule has 12 heavy (non-hydrogen) atoms. The van der Waals surface area contributed by atoms with Crippen molar-refractivity contribution >= 4 is 6.34 Å². The lowest BCUT2D eigenvalue weighted by Crippen LogP contribution is -2.35. The van der Waals surface area contributed by atoms with E-state index in [1.165, 1.54) is 0 Å². The van der Waals surface area contributed by atoms with Crippen molar-refractivity contribution in [2.24, 2.45) is 4.99 Å². The van der Waals surface area contributed by atoms with Gasteiger partial charge < -0.3 is 10.2 Å². The highest BCUT2D eigenvalue weighted by molar-refractivity contribution is 5.59. The normalized spacial score (nSPS) is 22.1. The summed E-state index contributed by atoms with van der Waals surface area (Å²) in [6.45, 7) is 6.41. The van der Waals surface area contributed by atoms with Crippen molar-refractivity contribution in [2.45, 2.75) is 32.9 Å². The van der Waals surface area contributed by atoms with Crippen LogP contribution in [0, 0.1) is 0 Å². The van der Waals surface area contributed by atoms with Crippen LogP contribution >= 0.6 is 0 Å². The van der Waals surface area contributed by atoms with Crippen molar-refractivity contribution in [1.29, 1.82) is 0 Å². The molecule has 1 heterocycles. The lowest BCUT2D eigenvalue weighted by Gasteiger charge is -2.28. The zero-order chi connectivity index (χ0) is 9.14. The van der Waals surface area contributed by atoms with Crippen LogP contribution in [0.3, 0.4) is 0 Å². The summed E-state index contributed by atoms with van der Waals surface area (Å²) >= 11 is 0. The fraction of sp³-hybridized carbons (Fsp3) is 0.667. The summed E-state index contributed by atoms with van der Waals surface area (Å²) in [6.07, 6.45) is 3.89. The largest absolute Gasteiger partial charge is 0.359 e. The SMILES string of the molecule is CC1C=C(N(C)C(C)C)NC=N1. The van der Waals surface area contributed by atoms with Gasteiger partial charge in [-0.15, -0.1) is 0 Å². The van der Waals surface area contributed by atoms with E-state index in [0.717, 1.165) is 5.82 Å². The van der Waals surface area contributed by atoms with Gasteiger partial charge in [-0.3, -0.25) is 4.99 Å². The van der Waals surface area contributed by atoms with Crippen LogP contribution < -0.4 is 5.32 Å². The Labute approximate surface area is 74.2 Å².